The van der Waals surface area contributed by atoms with Gasteiger partial charge in [-0.2, -0.15) is 0 Å². The van der Waals surface area contributed by atoms with Gasteiger partial charge in [0, 0.05) is 13.0 Å². The number of halogens is 2. The molecule has 0 aromatic heterocycles. The van der Waals surface area contributed by atoms with Crippen molar-refractivity contribution in [2.75, 3.05) is 18.5 Å². The molecule has 0 saturated heterocycles. The molecular weight excluding hydrogens is 337 g/mol. The third-order valence-corrected chi connectivity index (χ3v) is 4.25. The fourth-order valence-corrected chi connectivity index (χ4v) is 2.75. The average molecular weight is 350 g/mol. The summed E-state index contributed by atoms with van der Waals surface area (Å²) in [6.07, 6.45) is 0.123. The fraction of sp³-hybridized carbons (Fsp3) is 0.188. The summed E-state index contributed by atoms with van der Waals surface area (Å²) in [6, 6.07) is 10.1. The quantitative estimate of drug-likeness (QED) is 0.856. The second kappa shape index (κ2) is 5.85. The Balaban J connectivity index is 1.91. The molecule has 21 heavy (non-hydrogen) atoms. The standard InChI is InChI=1S/C16H13BrFNO2/c17-15-10(3-1-5-12(15)18)9-14(20)11-4-2-6-13-16(11)21-8-7-19-13/h1-6,19H,7-9H2. The van der Waals surface area contributed by atoms with Crippen molar-refractivity contribution in [2.24, 2.45) is 0 Å². The zero-order valence-corrected chi connectivity index (χ0v) is 12.7. The Bertz CT molecular complexity index is 703. The molecule has 0 saturated carbocycles. The number of fused-ring (bicyclic) bond motifs is 1. The van der Waals surface area contributed by atoms with Gasteiger partial charge in [0.2, 0.25) is 0 Å². The first-order chi connectivity index (χ1) is 10.2. The van der Waals surface area contributed by atoms with Crippen LogP contribution in [0, 0.1) is 5.82 Å². The average Bonchev–Trinajstić information content (AvgIpc) is 2.51. The third-order valence-electron chi connectivity index (χ3n) is 3.36. The molecule has 0 amide bonds. The first kappa shape index (κ1) is 14.1. The molecule has 3 nitrogen and oxygen atoms in total. The van der Waals surface area contributed by atoms with Crippen LogP contribution in [-0.4, -0.2) is 18.9 Å². The molecule has 2 aromatic carbocycles. The van der Waals surface area contributed by atoms with Crippen molar-refractivity contribution in [3.63, 3.8) is 0 Å². The Morgan fingerprint density at radius 1 is 1.29 bits per heavy atom. The van der Waals surface area contributed by atoms with E-state index in [1.807, 2.05) is 12.1 Å². The summed E-state index contributed by atoms with van der Waals surface area (Å²) in [4.78, 5) is 12.5. The number of nitrogens with one attached hydrogen (secondary N) is 1. The third kappa shape index (κ3) is 2.78. The number of ketones is 1. The number of hydrogen-bond acceptors (Lipinski definition) is 3. The molecule has 3 rings (SSSR count). The summed E-state index contributed by atoms with van der Waals surface area (Å²) >= 11 is 3.19. The van der Waals surface area contributed by atoms with E-state index in [1.165, 1.54) is 6.07 Å². The molecule has 1 N–H and O–H groups in total. The number of rotatable bonds is 3. The van der Waals surface area contributed by atoms with Crippen molar-refractivity contribution in [2.45, 2.75) is 6.42 Å². The summed E-state index contributed by atoms with van der Waals surface area (Å²) in [7, 11) is 0. The highest BCUT2D eigenvalue weighted by atomic mass is 79.9. The smallest absolute Gasteiger partial charge is 0.171 e. The van der Waals surface area contributed by atoms with Crippen molar-refractivity contribution in [1.29, 1.82) is 0 Å². The first-order valence-corrected chi connectivity index (χ1v) is 7.42. The number of para-hydroxylation sites is 1. The van der Waals surface area contributed by atoms with Gasteiger partial charge in [0.15, 0.2) is 11.5 Å². The van der Waals surface area contributed by atoms with Crippen LogP contribution in [0.5, 0.6) is 5.75 Å². The number of ether oxygens (including phenoxy) is 1. The Hall–Kier alpha value is -1.88. The molecule has 0 atom stereocenters. The molecule has 0 radical (unpaired) electrons. The lowest BCUT2D eigenvalue weighted by Gasteiger charge is -2.21. The summed E-state index contributed by atoms with van der Waals surface area (Å²) in [5.41, 5.74) is 1.97. The predicted molar refractivity (Wildman–Crippen MR) is 82.6 cm³/mol. The number of carbonyl (C=O) groups excluding carboxylic acids is 1. The summed E-state index contributed by atoms with van der Waals surface area (Å²) in [6.45, 7) is 1.25. The van der Waals surface area contributed by atoms with Gasteiger partial charge >= 0.3 is 0 Å². The maximum atomic E-state index is 13.5. The highest BCUT2D eigenvalue weighted by Gasteiger charge is 2.20. The van der Waals surface area contributed by atoms with E-state index >= 15 is 0 Å². The summed E-state index contributed by atoms with van der Waals surface area (Å²) < 4.78 is 19.4. The molecule has 5 heteroatoms. The minimum Gasteiger partial charge on any atom is -0.489 e. The Morgan fingerprint density at radius 2 is 2.10 bits per heavy atom. The van der Waals surface area contributed by atoms with E-state index in [0.717, 1.165) is 12.2 Å². The van der Waals surface area contributed by atoms with Crippen LogP contribution in [0.25, 0.3) is 0 Å². The van der Waals surface area contributed by atoms with Gasteiger partial charge in [-0.1, -0.05) is 18.2 Å². The van der Waals surface area contributed by atoms with Crippen LogP contribution in [0.1, 0.15) is 15.9 Å². The molecular formula is C16H13BrFNO2. The molecule has 0 fully saturated rings. The fourth-order valence-electron chi connectivity index (χ4n) is 2.34. The van der Waals surface area contributed by atoms with Crippen LogP contribution in [0.4, 0.5) is 10.1 Å². The largest absolute Gasteiger partial charge is 0.489 e. The van der Waals surface area contributed by atoms with E-state index in [0.29, 0.717) is 28.0 Å². The molecule has 108 valence electrons. The van der Waals surface area contributed by atoms with Crippen LogP contribution in [0.15, 0.2) is 40.9 Å². The summed E-state index contributed by atoms with van der Waals surface area (Å²) in [5.74, 6) is 0.122. The predicted octanol–water partition coefficient (Wildman–Crippen LogP) is 3.82. The SMILES string of the molecule is O=C(Cc1cccc(F)c1Br)c1cccc2c1OCCN2. The number of Topliss-reactive ketones (excluding diaryl/α,β-unsaturated/α-hetero) is 1. The van der Waals surface area contributed by atoms with Crippen molar-refractivity contribution >= 4 is 27.4 Å². The van der Waals surface area contributed by atoms with Crippen molar-refractivity contribution in [3.8, 4) is 5.75 Å². The maximum absolute atomic E-state index is 13.5. The second-order valence-corrected chi connectivity index (χ2v) is 5.56. The van der Waals surface area contributed by atoms with Gasteiger partial charge < -0.3 is 10.1 Å². The van der Waals surface area contributed by atoms with Gasteiger partial charge in [0.05, 0.1) is 15.7 Å². The minimum atomic E-state index is -0.367. The van der Waals surface area contributed by atoms with Gasteiger partial charge in [0.1, 0.15) is 12.4 Å². The van der Waals surface area contributed by atoms with E-state index in [-0.39, 0.29) is 18.0 Å². The number of benzene rings is 2. The first-order valence-electron chi connectivity index (χ1n) is 6.62. The van der Waals surface area contributed by atoms with Crippen LogP contribution in [-0.2, 0) is 6.42 Å². The molecule has 0 aliphatic carbocycles. The minimum absolute atomic E-state index is 0.0955. The molecule has 0 spiro atoms. The van der Waals surface area contributed by atoms with E-state index in [9.17, 15) is 9.18 Å². The van der Waals surface area contributed by atoms with Crippen LogP contribution in [0.2, 0.25) is 0 Å². The lowest BCUT2D eigenvalue weighted by atomic mass is 10.0. The van der Waals surface area contributed by atoms with Crippen molar-refractivity contribution in [1.82, 2.24) is 0 Å². The zero-order valence-electron chi connectivity index (χ0n) is 11.2. The topological polar surface area (TPSA) is 38.3 Å². The van der Waals surface area contributed by atoms with Crippen LogP contribution in [0.3, 0.4) is 0 Å². The molecule has 1 aliphatic heterocycles. The van der Waals surface area contributed by atoms with Gasteiger partial charge in [-0.25, -0.2) is 4.39 Å². The lowest BCUT2D eigenvalue weighted by molar-refractivity contribution is 0.0988. The van der Waals surface area contributed by atoms with Crippen LogP contribution < -0.4 is 10.1 Å². The second-order valence-electron chi connectivity index (χ2n) is 4.77. The lowest BCUT2D eigenvalue weighted by Crippen LogP contribution is -2.20. The summed E-state index contributed by atoms with van der Waals surface area (Å²) in [5, 5.41) is 3.20. The van der Waals surface area contributed by atoms with E-state index < -0.39 is 0 Å². The Labute approximate surface area is 130 Å². The monoisotopic (exact) mass is 349 g/mol. The normalized spacial score (nSPS) is 13.0. The molecule has 1 aliphatic rings. The van der Waals surface area contributed by atoms with E-state index in [2.05, 4.69) is 21.2 Å². The Morgan fingerprint density at radius 3 is 2.95 bits per heavy atom. The highest BCUT2D eigenvalue weighted by molar-refractivity contribution is 9.10. The van der Waals surface area contributed by atoms with Gasteiger partial charge in [-0.15, -0.1) is 0 Å². The maximum Gasteiger partial charge on any atom is 0.171 e. The Kier molecular flexibility index (Phi) is 3.92. The van der Waals surface area contributed by atoms with Gasteiger partial charge in [0.25, 0.3) is 0 Å². The number of anilines is 1. The van der Waals surface area contributed by atoms with E-state index in [1.54, 1.807) is 18.2 Å². The van der Waals surface area contributed by atoms with Crippen LogP contribution >= 0.6 is 15.9 Å². The zero-order chi connectivity index (χ0) is 14.8. The molecule has 0 bridgehead atoms. The molecule has 0 unspecified atom stereocenters. The highest BCUT2D eigenvalue weighted by Crippen LogP contribution is 2.32. The van der Waals surface area contributed by atoms with Crippen molar-refractivity contribution < 1.29 is 13.9 Å². The van der Waals surface area contributed by atoms with E-state index in [4.69, 9.17) is 4.74 Å². The van der Waals surface area contributed by atoms with Gasteiger partial charge in [-0.3, -0.25) is 4.79 Å². The number of hydrogen-bond donors (Lipinski definition) is 1. The number of carbonyl (C=O) groups is 1. The van der Waals surface area contributed by atoms with Crippen molar-refractivity contribution in [3.05, 3.63) is 57.8 Å². The molecule has 1 heterocycles. The molecule has 2 aromatic rings. The van der Waals surface area contributed by atoms with Gasteiger partial charge in [-0.05, 0) is 39.7 Å².